The van der Waals surface area contributed by atoms with E-state index in [0.717, 1.165) is 30.3 Å². The number of rotatable bonds is 4. The van der Waals surface area contributed by atoms with Gasteiger partial charge in [-0.25, -0.2) is 12.8 Å². The zero-order chi connectivity index (χ0) is 14.0. The monoisotopic (exact) mass is 369 g/mol. The van der Waals surface area contributed by atoms with Crippen molar-refractivity contribution >= 4 is 37.6 Å². The molecule has 0 amide bonds. The van der Waals surface area contributed by atoms with Crippen LogP contribution in [0.5, 0.6) is 0 Å². The molecule has 0 radical (unpaired) electrons. The van der Waals surface area contributed by atoms with Crippen LogP contribution in [-0.2, 0) is 10.0 Å². The van der Waals surface area contributed by atoms with Gasteiger partial charge in [0, 0.05) is 18.4 Å². The molecular formula is C12H14BrClFNO2S. The molecule has 0 N–H and O–H groups in total. The highest BCUT2D eigenvalue weighted by atomic mass is 79.9. The number of nitrogens with zero attached hydrogens (tertiary/aromatic N) is 1. The van der Waals surface area contributed by atoms with Crippen molar-refractivity contribution in [1.29, 1.82) is 0 Å². The number of alkyl halides is 1. The summed E-state index contributed by atoms with van der Waals surface area (Å²) in [5, 5.41) is 0.914. The average Bonchev–Trinajstić information content (AvgIpc) is 2.82. The Balaban J connectivity index is 2.26. The van der Waals surface area contributed by atoms with Crippen molar-refractivity contribution in [3.63, 3.8) is 0 Å². The third-order valence-corrected chi connectivity index (χ3v) is 6.08. The Hall–Kier alpha value is -0.170. The van der Waals surface area contributed by atoms with Crippen molar-refractivity contribution in [3.05, 3.63) is 29.0 Å². The summed E-state index contributed by atoms with van der Waals surface area (Å²) in [4.78, 5) is -0.145. The van der Waals surface area contributed by atoms with E-state index in [1.807, 2.05) is 0 Å². The lowest BCUT2D eigenvalue weighted by atomic mass is 10.1. The summed E-state index contributed by atoms with van der Waals surface area (Å²) in [7, 11) is -3.70. The lowest BCUT2D eigenvalue weighted by Gasteiger charge is -2.17. The molecule has 1 aliphatic heterocycles. The van der Waals surface area contributed by atoms with E-state index in [1.165, 1.54) is 10.4 Å². The predicted octanol–water partition coefficient (Wildman–Crippen LogP) is 3.27. The second-order valence-electron chi connectivity index (χ2n) is 4.57. The Morgan fingerprint density at radius 2 is 2.21 bits per heavy atom. The topological polar surface area (TPSA) is 37.4 Å². The first-order chi connectivity index (χ1) is 8.95. The zero-order valence-corrected chi connectivity index (χ0v) is 13.3. The Bertz CT molecular complexity index is 567. The molecule has 1 saturated heterocycles. The fourth-order valence-electron chi connectivity index (χ4n) is 2.22. The maximum Gasteiger partial charge on any atom is 0.244 e. The van der Waals surface area contributed by atoms with E-state index < -0.39 is 15.8 Å². The molecule has 1 aliphatic rings. The zero-order valence-electron chi connectivity index (χ0n) is 10.2. The van der Waals surface area contributed by atoms with E-state index in [-0.39, 0.29) is 9.92 Å². The van der Waals surface area contributed by atoms with Crippen LogP contribution in [0.15, 0.2) is 23.1 Å². The maximum atomic E-state index is 13.2. The lowest BCUT2D eigenvalue weighted by molar-refractivity contribution is 0.453. The van der Waals surface area contributed by atoms with Crippen LogP contribution in [0.1, 0.15) is 12.8 Å². The molecule has 1 aromatic carbocycles. The standard InChI is InChI=1S/C12H14BrClFNO2S/c13-5-3-9-4-6-16(8-9)19(17,18)12-7-10(15)1-2-11(12)14/h1-2,7,9H,3-6,8H2. The fraction of sp³-hybridized carbons (Fsp3) is 0.500. The fourth-order valence-corrected chi connectivity index (χ4v) is 4.88. The van der Waals surface area contributed by atoms with Crippen molar-refractivity contribution in [3.8, 4) is 0 Å². The smallest absolute Gasteiger partial charge is 0.207 e. The second kappa shape index (κ2) is 6.08. The van der Waals surface area contributed by atoms with Crippen LogP contribution in [0.4, 0.5) is 4.39 Å². The van der Waals surface area contributed by atoms with Crippen molar-refractivity contribution in [2.45, 2.75) is 17.7 Å². The van der Waals surface area contributed by atoms with Gasteiger partial charge in [-0.3, -0.25) is 0 Å². The van der Waals surface area contributed by atoms with Gasteiger partial charge in [0.2, 0.25) is 10.0 Å². The Kier molecular flexibility index (Phi) is 4.87. The van der Waals surface area contributed by atoms with Gasteiger partial charge >= 0.3 is 0 Å². The summed E-state index contributed by atoms with van der Waals surface area (Å²) in [6.45, 7) is 0.938. The lowest BCUT2D eigenvalue weighted by Crippen LogP contribution is -2.29. The average molecular weight is 371 g/mol. The van der Waals surface area contributed by atoms with Gasteiger partial charge in [0.05, 0.1) is 5.02 Å². The SMILES string of the molecule is O=S(=O)(c1cc(F)ccc1Cl)N1CCC(CCBr)C1. The number of benzene rings is 1. The Labute approximate surface area is 125 Å². The Morgan fingerprint density at radius 1 is 1.47 bits per heavy atom. The highest BCUT2D eigenvalue weighted by Crippen LogP contribution is 2.30. The van der Waals surface area contributed by atoms with Crippen LogP contribution in [0.3, 0.4) is 0 Å². The third kappa shape index (κ3) is 3.29. The highest BCUT2D eigenvalue weighted by molar-refractivity contribution is 9.09. The summed E-state index contributed by atoms with van der Waals surface area (Å²) in [5.74, 6) is -0.249. The van der Waals surface area contributed by atoms with Gasteiger partial charge in [0.25, 0.3) is 0 Å². The largest absolute Gasteiger partial charge is 0.244 e. The first-order valence-corrected chi connectivity index (χ1v) is 8.90. The van der Waals surface area contributed by atoms with Gasteiger partial charge in [-0.05, 0) is 37.0 Å². The number of sulfonamides is 1. The van der Waals surface area contributed by atoms with E-state index in [1.54, 1.807) is 0 Å². The van der Waals surface area contributed by atoms with Crippen LogP contribution in [0, 0.1) is 11.7 Å². The van der Waals surface area contributed by atoms with Crippen molar-refractivity contribution < 1.29 is 12.8 Å². The van der Waals surface area contributed by atoms with Crippen LogP contribution in [0.2, 0.25) is 5.02 Å². The van der Waals surface area contributed by atoms with Crippen LogP contribution >= 0.6 is 27.5 Å². The first-order valence-electron chi connectivity index (χ1n) is 5.96. The molecule has 3 nitrogen and oxygen atoms in total. The summed E-state index contributed by atoms with van der Waals surface area (Å²) in [5.41, 5.74) is 0. The number of halogens is 3. The minimum absolute atomic E-state index is 0.0605. The Morgan fingerprint density at radius 3 is 2.89 bits per heavy atom. The molecule has 0 aromatic heterocycles. The molecule has 1 atom stereocenters. The van der Waals surface area contributed by atoms with Crippen LogP contribution in [0.25, 0.3) is 0 Å². The van der Waals surface area contributed by atoms with Crippen LogP contribution in [-0.4, -0.2) is 31.1 Å². The van der Waals surface area contributed by atoms with Crippen molar-refractivity contribution in [2.24, 2.45) is 5.92 Å². The molecule has 1 aromatic rings. The third-order valence-electron chi connectivity index (χ3n) is 3.28. The van der Waals surface area contributed by atoms with Crippen LogP contribution < -0.4 is 0 Å². The molecule has 1 fully saturated rings. The minimum Gasteiger partial charge on any atom is -0.207 e. The molecule has 2 rings (SSSR count). The first kappa shape index (κ1) is 15.2. The summed E-state index contributed by atoms with van der Waals surface area (Å²) >= 11 is 9.23. The normalized spacial score (nSPS) is 20.9. The van der Waals surface area contributed by atoms with E-state index >= 15 is 0 Å². The van der Waals surface area contributed by atoms with E-state index in [4.69, 9.17) is 11.6 Å². The molecule has 106 valence electrons. The van der Waals surface area contributed by atoms with Gasteiger partial charge < -0.3 is 0 Å². The van der Waals surface area contributed by atoms with Crippen molar-refractivity contribution in [2.75, 3.05) is 18.4 Å². The number of hydrogen-bond donors (Lipinski definition) is 0. The summed E-state index contributed by atoms with van der Waals surface area (Å²) in [6.07, 6.45) is 1.76. The minimum atomic E-state index is -3.70. The summed E-state index contributed by atoms with van der Waals surface area (Å²) < 4.78 is 39.4. The molecule has 7 heteroatoms. The second-order valence-corrected chi connectivity index (χ2v) is 7.68. The van der Waals surface area contributed by atoms with Gasteiger partial charge in [0.15, 0.2) is 0 Å². The van der Waals surface area contributed by atoms with Gasteiger partial charge in [-0.2, -0.15) is 4.31 Å². The molecule has 1 heterocycles. The predicted molar refractivity (Wildman–Crippen MR) is 76.7 cm³/mol. The number of hydrogen-bond acceptors (Lipinski definition) is 2. The van der Waals surface area contributed by atoms with Gasteiger partial charge in [0.1, 0.15) is 10.7 Å². The van der Waals surface area contributed by atoms with Gasteiger partial charge in [-0.15, -0.1) is 0 Å². The molecular weight excluding hydrogens is 357 g/mol. The highest BCUT2D eigenvalue weighted by Gasteiger charge is 2.33. The van der Waals surface area contributed by atoms with Crippen molar-refractivity contribution in [1.82, 2.24) is 4.31 Å². The summed E-state index contributed by atoms with van der Waals surface area (Å²) in [6, 6.07) is 3.41. The molecule has 0 bridgehead atoms. The van der Waals surface area contributed by atoms with Gasteiger partial charge in [-0.1, -0.05) is 27.5 Å². The van der Waals surface area contributed by atoms with E-state index in [2.05, 4.69) is 15.9 Å². The van der Waals surface area contributed by atoms with E-state index in [9.17, 15) is 12.8 Å². The molecule has 0 spiro atoms. The molecule has 0 aliphatic carbocycles. The maximum absolute atomic E-state index is 13.2. The molecule has 19 heavy (non-hydrogen) atoms. The van der Waals surface area contributed by atoms with E-state index in [0.29, 0.717) is 19.0 Å². The molecule has 0 saturated carbocycles. The molecule has 1 unspecified atom stereocenters. The quantitative estimate of drug-likeness (QED) is 0.763.